The maximum absolute atomic E-state index is 13.2. The molecule has 0 bridgehead atoms. The number of hydrogen-bond acceptors (Lipinski definition) is 3. The van der Waals surface area contributed by atoms with Gasteiger partial charge in [0.05, 0.1) is 7.11 Å². The van der Waals surface area contributed by atoms with Gasteiger partial charge in [0.2, 0.25) is 0 Å². The van der Waals surface area contributed by atoms with Crippen molar-refractivity contribution in [3.8, 4) is 0 Å². The summed E-state index contributed by atoms with van der Waals surface area (Å²) >= 11 is 6.21. The topological polar surface area (TPSA) is 48.3 Å². The highest BCUT2D eigenvalue weighted by molar-refractivity contribution is 6.31. The van der Waals surface area contributed by atoms with Crippen LogP contribution in [0.15, 0.2) is 18.2 Å². The summed E-state index contributed by atoms with van der Waals surface area (Å²) in [7, 11) is 3.39. The number of unbranched alkanes of at least 4 members (excludes halogenated alkanes) is 3. The number of halogens is 1. The fourth-order valence-corrected chi connectivity index (χ4v) is 3.82. The van der Waals surface area contributed by atoms with Crippen molar-refractivity contribution >= 4 is 34.3 Å². The molecule has 0 aliphatic rings. The van der Waals surface area contributed by atoms with Crippen molar-refractivity contribution in [2.75, 3.05) is 7.11 Å². The minimum atomic E-state index is -0.281. The molecule has 1 aromatic carbocycles. The highest BCUT2D eigenvalue weighted by atomic mass is 35.5. The molecule has 2 aromatic rings. The van der Waals surface area contributed by atoms with Crippen molar-refractivity contribution in [2.45, 2.75) is 58.8 Å². The molecule has 1 atom stereocenters. The third kappa shape index (κ3) is 5.35. The molecular weight excluding hydrogens is 362 g/mol. The summed E-state index contributed by atoms with van der Waals surface area (Å²) in [6, 6.07) is 5.71. The molecule has 1 heterocycles. The molecular formula is C22H30ClNO3. The predicted octanol–water partition coefficient (Wildman–Crippen LogP) is 5.73. The molecule has 0 amide bonds. The second-order valence-corrected chi connectivity index (χ2v) is 7.80. The van der Waals surface area contributed by atoms with Gasteiger partial charge >= 0.3 is 5.97 Å². The van der Waals surface area contributed by atoms with Gasteiger partial charge in [-0.2, -0.15) is 0 Å². The van der Waals surface area contributed by atoms with E-state index in [0.29, 0.717) is 11.4 Å². The third-order valence-electron chi connectivity index (χ3n) is 5.11. The number of methoxy groups -OCH3 is 1. The molecule has 0 fully saturated rings. The van der Waals surface area contributed by atoms with Crippen LogP contribution in [0.4, 0.5) is 0 Å². The van der Waals surface area contributed by atoms with Crippen LogP contribution in [0.2, 0.25) is 5.02 Å². The van der Waals surface area contributed by atoms with E-state index < -0.39 is 0 Å². The highest BCUT2D eigenvalue weighted by Gasteiger charge is 2.23. The fourth-order valence-electron chi connectivity index (χ4n) is 3.65. The van der Waals surface area contributed by atoms with Crippen LogP contribution < -0.4 is 0 Å². The lowest BCUT2D eigenvalue weighted by molar-refractivity contribution is -0.141. The molecule has 0 saturated heterocycles. The van der Waals surface area contributed by atoms with E-state index in [4.69, 9.17) is 16.3 Å². The van der Waals surface area contributed by atoms with Gasteiger partial charge in [-0.3, -0.25) is 9.59 Å². The Hall–Kier alpha value is -1.81. The molecule has 0 N–H and O–H groups in total. The lowest BCUT2D eigenvalue weighted by Crippen LogP contribution is -2.13. The summed E-state index contributed by atoms with van der Waals surface area (Å²) in [6.07, 6.45) is 6.04. The van der Waals surface area contributed by atoms with Crippen molar-refractivity contribution in [3.05, 3.63) is 34.5 Å². The summed E-state index contributed by atoms with van der Waals surface area (Å²) in [5.41, 5.74) is 2.86. The Bertz CT molecular complexity index is 809. The first-order valence-corrected chi connectivity index (χ1v) is 10.1. The Morgan fingerprint density at radius 2 is 1.93 bits per heavy atom. The van der Waals surface area contributed by atoms with Gasteiger partial charge in [0, 0.05) is 47.1 Å². The molecule has 1 unspecified atom stereocenters. The maximum atomic E-state index is 13.2. The summed E-state index contributed by atoms with van der Waals surface area (Å²) in [5, 5.41) is 1.54. The van der Waals surface area contributed by atoms with Gasteiger partial charge in [-0.25, -0.2) is 0 Å². The van der Waals surface area contributed by atoms with E-state index in [-0.39, 0.29) is 24.1 Å². The predicted molar refractivity (Wildman–Crippen MR) is 111 cm³/mol. The van der Waals surface area contributed by atoms with E-state index >= 15 is 0 Å². The molecule has 0 radical (unpaired) electrons. The van der Waals surface area contributed by atoms with Gasteiger partial charge in [-0.1, -0.05) is 44.7 Å². The normalized spacial score (nSPS) is 12.3. The molecule has 0 aliphatic heterocycles. The van der Waals surface area contributed by atoms with Crippen molar-refractivity contribution in [1.82, 2.24) is 4.57 Å². The maximum Gasteiger partial charge on any atom is 0.305 e. The second kappa shape index (κ2) is 9.93. The lowest BCUT2D eigenvalue weighted by atomic mass is 9.94. The van der Waals surface area contributed by atoms with Crippen LogP contribution >= 0.6 is 11.6 Å². The van der Waals surface area contributed by atoms with Crippen LogP contribution in [0.25, 0.3) is 10.9 Å². The zero-order valence-electron chi connectivity index (χ0n) is 16.8. The van der Waals surface area contributed by atoms with E-state index in [0.717, 1.165) is 41.4 Å². The van der Waals surface area contributed by atoms with Crippen LogP contribution in [0.1, 0.15) is 68.4 Å². The number of ketones is 1. The summed E-state index contributed by atoms with van der Waals surface area (Å²) in [5.74, 6) is -0.270. The highest BCUT2D eigenvalue weighted by Crippen LogP contribution is 2.31. The van der Waals surface area contributed by atoms with Gasteiger partial charge in [-0.05, 0) is 37.0 Å². The molecule has 0 saturated carbocycles. The van der Waals surface area contributed by atoms with E-state index in [1.807, 2.05) is 32.2 Å². The number of carbonyl (C=O) groups excluding carboxylic acids is 2. The van der Waals surface area contributed by atoms with Crippen molar-refractivity contribution in [2.24, 2.45) is 13.0 Å². The molecule has 0 spiro atoms. The van der Waals surface area contributed by atoms with Crippen LogP contribution in [0.3, 0.4) is 0 Å². The SMILES string of the molecule is CCCCCCc1c(C(=O)CC(C)CC(=O)OC)c2cc(Cl)ccc2n1C. The molecule has 5 heteroatoms. The number of fused-ring (bicyclic) bond motifs is 1. The number of rotatable bonds is 10. The number of aromatic nitrogens is 1. The average Bonchev–Trinajstić information content (AvgIpc) is 2.89. The zero-order chi connectivity index (χ0) is 20.0. The molecule has 148 valence electrons. The van der Waals surface area contributed by atoms with Gasteiger partial charge < -0.3 is 9.30 Å². The Morgan fingerprint density at radius 3 is 2.59 bits per heavy atom. The van der Waals surface area contributed by atoms with Gasteiger partial charge in [0.25, 0.3) is 0 Å². The lowest BCUT2D eigenvalue weighted by Gasteiger charge is -2.11. The largest absolute Gasteiger partial charge is 0.469 e. The first-order valence-electron chi connectivity index (χ1n) is 9.75. The monoisotopic (exact) mass is 391 g/mol. The summed E-state index contributed by atoms with van der Waals surface area (Å²) in [6.45, 7) is 4.10. The summed E-state index contributed by atoms with van der Waals surface area (Å²) < 4.78 is 6.85. The van der Waals surface area contributed by atoms with Crippen LogP contribution in [-0.2, 0) is 23.0 Å². The number of Topliss-reactive ketones (excluding diaryl/α,β-unsaturated/α-hetero) is 1. The smallest absolute Gasteiger partial charge is 0.305 e. The Labute approximate surface area is 166 Å². The van der Waals surface area contributed by atoms with Crippen molar-refractivity contribution < 1.29 is 14.3 Å². The van der Waals surface area contributed by atoms with Crippen molar-refractivity contribution in [3.63, 3.8) is 0 Å². The molecule has 1 aromatic heterocycles. The third-order valence-corrected chi connectivity index (χ3v) is 5.34. The first-order chi connectivity index (χ1) is 12.9. The molecule has 4 nitrogen and oxygen atoms in total. The van der Waals surface area contributed by atoms with E-state index in [1.165, 1.54) is 20.0 Å². The minimum absolute atomic E-state index is 0.0627. The van der Waals surface area contributed by atoms with E-state index in [2.05, 4.69) is 11.5 Å². The number of nitrogens with zero attached hydrogens (tertiary/aromatic N) is 1. The van der Waals surface area contributed by atoms with Crippen LogP contribution in [0, 0.1) is 5.92 Å². The Balaban J connectivity index is 2.34. The molecule has 0 aliphatic carbocycles. The van der Waals surface area contributed by atoms with Gasteiger partial charge in [0.1, 0.15) is 0 Å². The fraction of sp³-hybridized carbons (Fsp3) is 0.545. The number of benzene rings is 1. The number of esters is 1. The second-order valence-electron chi connectivity index (χ2n) is 7.37. The minimum Gasteiger partial charge on any atom is -0.469 e. The number of aryl methyl sites for hydroxylation is 1. The zero-order valence-corrected chi connectivity index (χ0v) is 17.6. The van der Waals surface area contributed by atoms with Gasteiger partial charge in [-0.15, -0.1) is 0 Å². The van der Waals surface area contributed by atoms with Gasteiger partial charge in [0.15, 0.2) is 5.78 Å². The standard InChI is InChI=1S/C22H30ClNO3/c1-5-6-7-8-9-19-22(20(25)12-15(2)13-21(26)27-4)17-14-16(23)10-11-18(17)24(19)3/h10-11,14-15H,5-9,12-13H2,1-4H3. The number of hydrogen-bond donors (Lipinski definition) is 0. The van der Waals surface area contributed by atoms with E-state index in [1.54, 1.807) is 0 Å². The van der Waals surface area contributed by atoms with Crippen LogP contribution in [-0.4, -0.2) is 23.4 Å². The Kier molecular flexibility index (Phi) is 7.91. The Morgan fingerprint density at radius 1 is 1.19 bits per heavy atom. The quantitative estimate of drug-likeness (QED) is 0.295. The number of carbonyl (C=O) groups is 2. The van der Waals surface area contributed by atoms with E-state index in [9.17, 15) is 9.59 Å². The molecule has 27 heavy (non-hydrogen) atoms. The van der Waals surface area contributed by atoms with Crippen molar-refractivity contribution in [1.29, 1.82) is 0 Å². The summed E-state index contributed by atoms with van der Waals surface area (Å²) in [4.78, 5) is 24.7. The molecule has 2 rings (SSSR count). The average molecular weight is 392 g/mol. The van der Waals surface area contributed by atoms with Crippen LogP contribution in [0.5, 0.6) is 0 Å². The number of ether oxygens (including phenoxy) is 1. The first kappa shape index (κ1) is 21.5.